The van der Waals surface area contributed by atoms with E-state index in [2.05, 4.69) is 15.0 Å². The van der Waals surface area contributed by atoms with Crippen LogP contribution in [0.3, 0.4) is 0 Å². The van der Waals surface area contributed by atoms with Crippen LogP contribution in [0.15, 0.2) is 30.5 Å². The molecule has 6 nitrogen and oxygen atoms in total. The zero-order chi connectivity index (χ0) is 21.3. The highest BCUT2D eigenvalue weighted by Gasteiger charge is 2.21. The maximum Gasteiger partial charge on any atom is 0.410 e. The molecular formula is C22H23FN4O2. The van der Waals surface area contributed by atoms with Gasteiger partial charge in [0.15, 0.2) is 5.69 Å². The van der Waals surface area contributed by atoms with Gasteiger partial charge < -0.3 is 9.64 Å². The van der Waals surface area contributed by atoms with E-state index < -0.39 is 17.5 Å². The lowest BCUT2D eigenvalue weighted by atomic mass is 9.95. The number of amides is 1. The minimum atomic E-state index is -0.599. The van der Waals surface area contributed by atoms with E-state index in [1.165, 1.54) is 11.0 Å². The lowest BCUT2D eigenvalue weighted by Crippen LogP contribution is -2.33. The Morgan fingerprint density at radius 3 is 2.66 bits per heavy atom. The van der Waals surface area contributed by atoms with Gasteiger partial charge >= 0.3 is 6.09 Å². The minimum Gasteiger partial charge on any atom is -0.444 e. The predicted octanol–water partition coefficient (Wildman–Crippen LogP) is 5.60. The van der Waals surface area contributed by atoms with Crippen molar-refractivity contribution in [2.45, 2.75) is 39.8 Å². The number of fused-ring (bicyclic) bond motifs is 1. The summed E-state index contributed by atoms with van der Waals surface area (Å²) < 4.78 is 20.4. The monoisotopic (exact) mass is 394 g/mol. The van der Waals surface area contributed by atoms with Crippen molar-refractivity contribution in [3.63, 3.8) is 0 Å². The van der Waals surface area contributed by atoms with Gasteiger partial charge in [0, 0.05) is 24.5 Å². The van der Waals surface area contributed by atoms with Crippen LogP contribution in [0.25, 0.3) is 26.9 Å². The number of hydrogen-bond acceptors (Lipinski definition) is 3. The molecule has 7 heteroatoms. The molecule has 0 bridgehead atoms. The normalized spacial score (nSPS) is 11.3. The van der Waals surface area contributed by atoms with Gasteiger partial charge in [-0.3, -0.25) is 5.10 Å². The third-order valence-corrected chi connectivity index (χ3v) is 4.42. The number of rotatable bonds is 3. The lowest BCUT2D eigenvalue weighted by molar-refractivity contribution is 0.0285. The van der Waals surface area contributed by atoms with Crippen LogP contribution in [-0.4, -0.2) is 33.8 Å². The Kier molecular flexibility index (Phi) is 5.29. The summed E-state index contributed by atoms with van der Waals surface area (Å²) in [5, 5.41) is 7.60. The first kappa shape index (κ1) is 20.3. The molecule has 1 amide bonds. The Hall–Kier alpha value is -3.40. The number of ether oxygens (including phenoxy) is 1. The largest absolute Gasteiger partial charge is 0.444 e. The predicted molar refractivity (Wildman–Crippen MR) is 110 cm³/mol. The van der Waals surface area contributed by atoms with E-state index in [0.717, 1.165) is 10.9 Å². The average Bonchev–Trinajstić information content (AvgIpc) is 3.06. The summed E-state index contributed by atoms with van der Waals surface area (Å²) >= 11 is 0. The molecule has 0 spiro atoms. The van der Waals surface area contributed by atoms with E-state index in [9.17, 15) is 4.79 Å². The van der Waals surface area contributed by atoms with Crippen molar-refractivity contribution in [3.8, 4) is 11.1 Å². The summed E-state index contributed by atoms with van der Waals surface area (Å²) in [6.07, 6.45) is 1.17. The summed E-state index contributed by atoms with van der Waals surface area (Å²) in [6.45, 7) is 14.9. The fourth-order valence-corrected chi connectivity index (χ4v) is 3.20. The van der Waals surface area contributed by atoms with Crippen LogP contribution >= 0.6 is 0 Å². The van der Waals surface area contributed by atoms with Gasteiger partial charge in [0.25, 0.3) is 0 Å². The number of H-pyrrole nitrogens is 1. The molecule has 2 aromatic carbocycles. The quantitative estimate of drug-likeness (QED) is 0.589. The number of halogens is 1. The number of aromatic amines is 1. The first-order valence-electron chi connectivity index (χ1n) is 9.17. The molecule has 0 aliphatic rings. The number of hydrogen-bond donors (Lipinski definition) is 1. The summed E-state index contributed by atoms with van der Waals surface area (Å²) in [6, 6.07) is 6.67. The number of nitrogens with one attached hydrogen (secondary N) is 1. The summed E-state index contributed by atoms with van der Waals surface area (Å²) in [5.41, 5.74) is 2.71. The van der Waals surface area contributed by atoms with Crippen LogP contribution in [0.4, 0.5) is 14.9 Å². The van der Waals surface area contributed by atoms with E-state index in [4.69, 9.17) is 11.3 Å². The summed E-state index contributed by atoms with van der Waals surface area (Å²) in [4.78, 5) is 17.1. The number of carbonyl (C=O) groups is 1. The zero-order valence-electron chi connectivity index (χ0n) is 17.1. The molecule has 3 rings (SSSR count). The fourth-order valence-electron chi connectivity index (χ4n) is 3.20. The van der Waals surface area contributed by atoms with Gasteiger partial charge in [-0.1, -0.05) is 12.1 Å². The second-order valence-corrected chi connectivity index (χ2v) is 8.04. The molecule has 0 fully saturated rings. The Morgan fingerprint density at radius 2 is 2.03 bits per heavy atom. The Balaban J connectivity index is 1.95. The number of nitrogens with zero attached hydrogens (tertiary/aromatic N) is 3. The van der Waals surface area contributed by atoms with Gasteiger partial charge in [0.05, 0.1) is 18.3 Å². The van der Waals surface area contributed by atoms with Gasteiger partial charge in [0.2, 0.25) is 0 Å². The van der Waals surface area contributed by atoms with Crippen molar-refractivity contribution in [2.75, 3.05) is 7.05 Å². The summed E-state index contributed by atoms with van der Waals surface area (Å²) in [7, 11) is 1.61. The Morgan fingerprint density at radius 1 is 1.31 bits per heavy atom. The molecular weight excluding hydrogens is 371 g/mol. The standard InChI is InChI=1S/C22H23FN4O2/c1-13-7-14(12-27(6)21(28)29-22(2,3)4)8-17(23)20(13)16-9-15-11-25-26-18(15)10-19(16)24-5/h7-11H,12H2,1-4,6H3,(H,25,26). The van der Waals surface area contributed by atoms with E-state index >= 15 is 4.39 Å². The van der Waals surface area contributed by atoms with Crippen LogP contribution in [0.2, 0.25) is 0 Å². The molecule has 3 aromatic rings. The van der Waals surface area contributed by atoms with Gasteiger partial charge in [-0.15, -0.1) is 0 Å². The molecule has 29 heavy (non-hydrogen) atoms. The average molecular weight is 394 g/mol. The molecule has 150 valence electrons. The first-order chi connectivity index (χ1) is 13.6. The molecule has 0 aliphatic carbocycles. The third-order valence-electron chi connectivity index (χ3n) is 4.42. The molecule has 0 unspecified atom stereocenters. The number of aromatic nitrogens is 2. The van der Waals surface area contributed by atoms with Gasteiger partial charge in [-0.2, -0.15) is 5.10 Å². The summed E-state index contributed by atoms with van der Waals surface area (Å²) in [5.74, 6) is -0.440. The van der Waals surface area contributed by atoms with Crippen LogP contribution in [0.5, 0.6) is 0 Å². The maximum atomic E-state index is 15.1. The van der Waals surface area contributed by atoms with Crippen molar-refractivity contribution in [2.24, 2.45) is 0 Å². The highest BCUT2D eigenvalue weighted by Crippen LogP contribution is 2.37. The topological polar surface area (TPSA) is 62.6 Å². The van der Waals surface area contributed by atoms with Gasteiger partial charge in [-0.25, -0.2) is 14.0 Å². The van der Waals surface area contributed by atoms with Gasteiger partial charge in [0.1, 0.15) is 11.4 Å². The highest BCUT2D eigenvalue weighted by atomic mass is 19.1. The van der Waals surface area contributed by atoms with Crippen LogP contribution in [-0.2, 0) is 11.3 Å². The molecule has 0 atom stereocenters. The van der Waals surface area contributed by atoms with E-state index in [-0.39, 0.29) is 6.54 Å². The number of aryl methyl sites for hydroxylation is 1. The van der Waals surface area contributed by atoms with E-state index in [0.29, 0.717) is 27.9 Å². The van der Waals surface area contributed by atoms with Crippen molar-refractivity contribution in [1.29, 1.82) is 0 Å². The third kappa shape index (κ3) is 4.37. The van der Waals surface area contributed by atoms with E-state index in [1.54, 1.807) is 53.1 Å². The maximum absolute atomic E-state index is 15.1. The van der Waals surface area contributed by atoms with Crippen LogP contribution < -0.4 is 0 Å². The second kappa shape index (κ2) is 7.55. The number of carbonyl (C=O) groups excluding carboxylic acids is 1. The van der Waals surface area contributed by atoms with Crippen LogP contribution in [0, 0.1) is 19.3 Å². The molecule has 0 radical (unpaired) electrons. The Labute approximate surface area is 169 Å². The molecule has 0 saturated heterocycles. The molecule has 1 aromatic heterocycles. The second-order valence-electron chi connectivity index (χ2n) is 8.04. The van der Waals surface area contributed by atoms with Crippen LogP contribution in [0.1, 0.15) is 31.9 Å². The lowest BCUT2D eigenvalue weighted by Gasteiger charge is -2.25. The minimum absolute atomic E-state index is 0.212. The SMILES string of the molecule is [C-]#[N+]c1cc2[nH]ncc2cc1-c1c(C)cc(CN(C)C(=O)OC(C)(C)C)cc1F. The molecule has 0 saturated carbocycles. The van der Waals surface area contributed by atoms with Gasteiger partial charge in [-0.05, 0) is 56.5 Å². The number of benzene rings is 2. The van der Waals surface area contributed by atoms with E-state index in [1.807, 2.05) is 6.07 Å². The molecule has 1 N–H and O–H groups in total. The highest BCUT2D eigenvalue weighted by molar-refractivity contribution is 5.93. The van der Waals surface area contributed by atoms with Crippen molar-refractivity contribution >= 4 is 22.7 Å². The van der Waals surface area contributed by atoms with Crippen molar-refractivity contribution < 1.29 is 13.9 Å². The fraction of sp³-hybridized carbons (Fsp3) is 0.318. The molecule has 1 heterocycles. The smallest absolute Gasteiger partial charge is 0.410 e. The Bertz CT molecular complexity index is 1100. The van der Waals surface area contributed by atoms with Crippen molar-refractivity contribution in [3.05, 3.63) is 58.8 Å². The molecule has 0 aliphatic heterocycles. The first-order valence-corrected chi connectivity index (χ1v) is 9.17. The zero-order valence-corrected chi connectivity index (χ0v) is 17.1. The van der Waals surface area contributed by atoms with Crippen molar-refractivity contribution in [1.82, 2.24) is 15.1 Å².